The highest BCUT2D eigenvalue weighted by Gasteiger charge is 2.09. The van der Waals surface area contributed by atoms with E-state index in [-0.39, 0.29) is 11.8 Å². The average Bonchev–Trinajstić information content (AvgIpc) is 3.24. The molecule has 7 heteroatoms. The zero-order chi connectivity index (χ0) is 21.1. The lowest BCUT2D eigenvalue weighted by molar-refractivity contribution is -0.121. The van der Waals surface area contributed by atoms with Gasteiger partial charge in [-0.15, -0.1) is 0 Å². The molecule has 0 bridgehead atoms. The van der Waals surface area contributed by atoms with Gasteiger partial charge in [0.2, 0.25) is 5.91 Å². The fourth-order valence-corrected chi connectivity index (χ4v) is 3.22. The number of thiophene rings is 1. The first-order valence-electron chi connectivity index (χ1n) is 9.86. The first-order chi connectivity index (χ1) is 14.0. The third-order valence-corrected chi connectivity index (χ3v) is 5.00. The summed E-state index contributed by atoms with van der Waals surface area (Å²) in [6, 6.07) is 7.46. The highest BCUT2D eigenvalue weighted by Crippen LogP contribution is 2.28. The summed E-state index contributed by atoms with van der Waals surface area (Å²) in [6.07, 6.45) is 1.93. The predicted molar refractivity (Wildman–Crippen MR) is 116 cm³/mol. The summed E-state index contributed by atoms with van der Waals surface area (Å²) in [6.45, 7) is 5.85. The standard InChI is InChI=1S/C22H30N2O4S/c1-16(2)8-11-28-19-7-6-17(13-20(19)27-3)14-24-21(25)5-4-10-23-22(26)18-9-12-29-15-18/h6-7,9,12-13,15-16H,4-5,8,10-11,14H2,1-3H3,(H,23,26)(H,24,25). The molecule has 0 spiro atoms. The topological polar surface area (TPSA) is 76.7 Å². The Balaban J connectivity index is 1.70. The molecule has 2 aromatic rings. The van der Waals surface area contributed by atoms with Crippen molar-refractivity contribution in [3.8, 4) is 11.5 Å². The molecule has 0 aliphatic carbocycles. The maximum atomic E-state index is 12.0. The number of ether oxygens (including phenoxy) is 2. The Morgan fingerprint density at radius 3 is 2.66 bits per heavy atom. The van der Waals surface area contributed by atoms with Crippen LogP contribution in [-0.4, -0.2) is 32.1 Å². The minimum atomic E-state index is -0.102. The van der Waals surface area contributed by atoms with Crippen LogP contribution >= 0.6 is 11.3 Å². The summed E-state index contributed by atoms with van der Waals surface area (Å²) in [4.78, 5) is 23.9. The van der Waals surface area contributed by atoms with Crippen LogP contribution < -0.4 is 20.1 Å². The minimum Gasteiger partial charge on any atom is -0.493 e. The summed E-state index contributed by atoms with van der Waals surface area (Å²) in [7, 11) is 1.61. The number of carbonyl (C=O) groups is 2. The van der Waals surface area contributed by atoms with Crippen molar-refractivity contribution < 1.29 is 19.1 Å². The van der Waals surface area contributed by atoms with Gasteiger partial charge < -0.3 is 20.1 Å². The number of amides is 2. The second-order valence-electron chi connectivity index (χ2n) is 7.16. The lowest BCUT2D eigenvalue weighted by atomic mass is 10.1. The van der Waals surface area contributed by atoms with Crippen LogP contribution in [0.5, 0.6) is 11.5 Å². The molecular formula is C22H30N2O4S. The third-order valence-electron chi connectivity index (χ3n) is 4.32. The van der Waals surface area contributed by atoms with E-state index in [0.29, 0.717) is 55.5 Å². The number of methoxy groups -OCH3 is 1. The summed E-state index contributed by atoms with van der Waals surface area (Å²) >= 11 is 1.48. The van der Waals surface area contributed by atoms with Crippen LogP contribution in [0.2, 0.25) is 0 Å². The summed E-state index contributed by atoms with van der Waals surface area (Å²) in [5.74, 6) is 1.81. The molecule has 0 saturated carbocycles. The Hall–Kier alpha value is -2.54. The van der Waals surface area contributed by atoms with Gasteiger partial charge in [0, 0.05) is 30.5 Å². The van der Waals surface area contributed by atoms with Gasteiger partial charge in [-0.2, -0.15) is 11.3 Å². The van der Waals surface area contributed by atoms with E-state index in [0.717, 1.165) is 12.0 Å². The van der Waals surface area contributed by atoms with E-state index in [1.54, 1.807) is 18.6 Å². The van der Waals surface area contributed by atoms with E-state index < -0.39 is 0 Å². The van der Waals surface area contributed by atoms with E-state index in [1.807, 2.05) is 23.6 Å². The SMILES string of the molecule is COc1cc(CNC(=O)CCCNC(=O)c2ccsc2)ccc1OCCC(C)C. The molecule has 0 saturated heterocycles. The van der Waals surface area contributed by atoms with Gasteiger partial charge in [0.15, 0.2) is 11.5 Å². The van der Waals surface area contributed by atoms with Crippen LogP contribution in [0.25, 0.3) is 0 Å². The lowest BCUT2D eigenvalue weighted by Crippen LogP contribution is -2.27. The average molecular weight is 419 g/mol. The van der Waals surface area contributed by atoms with Gasteiger partial charge in [-0.3, -0.25) is 9.59 Å². The Labute approximate surface area is 176 Å². The molecule has 0 unspecified atom stereocenters. The van der Waals surface area contributed by atoms with Crippen LogP contribution in [0, 0.1) is 5.92 Å². The van der Waals surface area contributed by atoms with E-state index in [1.165, 1.54) is 11.3 Å². The molecule has 6 nitrogen and oxygen atoms in total. The maximum Gasteiger partial charge on any atom is 0.252 e. The molecule has 1 heterocycles. The molecule has 29 heavy (non-hydrogen) atoms. The van der Waals surface area contributed by atoms with Crippen molar-refractivity contribution in [1.82, 2.24) is 10.6 Å². The fourth-order valence-electron chi connectivity index (χ4n) is 2.58. The van der Waals surface area contributed by atoms with Crippen molar-refractivity contribution in [3.63, 3.8) is 0 Å². The van der Waals surface area contributed by atoms with Crippen molar-refractivity contribution in [2.45, 2.75) is 39.7 Å². The quantitative estimate of drug-likeness (QED) is 0.511. The molecule has 2 rings (SSSR count). The zero-order valence-corrected chi connectivity index (χ0v) is 18.1. The second kappa shape index (κ2) is 12.1. The Morgan fingerprint density at radius 2 is 1.97 bits per heavy atom. The van der Waals surface area contributed by atoms with Crippen LogP contribution in [-0.2, 0) is 11.3 Å². The Kier molecular flexibility index (Phi) is 9.50. The molecule has 0 aliphatic heterocycles. The Morgan fingerprint density at radius 1 is 1.14 bits per heavy atom. The van der Waals surface area contributed by atoms with Gasteiger partial charge in [0.25, 0.3) is 5.91 Å². The third kappa shape index (κ3) is 8.15. The second-order valence-corrected chi connectivity index (χ2v) is 7.94. The van der Waals surface area contributed by atoms with Crippen LogP contribution in [0.1, 0.15) is 49.0 Å². The van der Waals surface area contributed by atoms with Gasteiger partial charge in [-0.1, -0.05) is 19.9 Å². The fraction of sp³-hybridized carbons (Fsp3) is 0.455. The first-order valence-corrected chi connectivity index (χ1v) is 10.8. The first kappa shape index (κ1) is 22.7. The van der Waals surface area contributed by atoms with E-state index in [4.69, 9.17) is 9.47 Å². The van der Waals surface area contributed by atoms with Crippen molar-refractivity contribution >= 4 is 23.2 Å². The number of rotatable bonds is 12. The number of hydrogen-bond donors (Lipinski definition) is 2. The van der Waals surface area contributed by atoms with E-state index >= 15 is 0 Å². The molecule has 0 aliphatic rings. The van der Waals surface area contributed by atoms with Gasteiger partial charge in [-0.05, 0) is 47.9 Å². The normalized spacial score (nSPS) is 10.6. The van der Waals surface area contributed by atoms with Gasteiger partial charge >= 0.3 is 0 Å². The van der Waals surface area contributed by atoms with Gasteiger partial charge in [0.1, 0.15) is 0 Å². The summed E-state index contributed by atoms with van der Waals surface area (Å²) in [5, 5.41) is 9.38. The van der Waals surface area contributed by atoms with Gasteiger partial charge in [-0.25, -0.2) is 0 Å². The largest absolute Gasteiger partial charge is 0.493 e. The minimum absolute atomic E-state index is 0.0500. The molecule has 2 amide bonds. The molecule has 1 aromatic carbocycles. The number of hydrogen-bond acceptors (Lipinski definition) is 5. The molecule has 0 fully saturated rings. The molecule has 0 radical (unpaired) electrons. The number of benzene rings is 1. The van der Waals surface area contributed by atoms with E-state index in [2.05, 4.69) is 24.5 Å². The van der Waals surface area contributed by atoms with Crippen LogP contribution in [0.15, 0.2) is 35.0 Å². The molecule has 2 N–H and O–H groups in total. The van der Waals surface area contributed by atoms with Crippen molar-refractivity contribution in [2.75, 3.05) is 20.3 Å². The van der Waals surface area contributed by atoms with Gasteiger partial charge in [0.05, 0.1) is 13.7 Å². The van der Waals surface area contributed by atoms with Crippen molar-refractivity contribution in [3.05, 3.63) is 46.2 Å². The maximum absolute atomic E-state index is 12.0. The predicted octanol–water partition coefficient (Wildman–Crippen LogP) is 4.01. The van der Waals surface area contributed by atoms with Crippen molar-refractivity contribution in [1.29, 1.82) is 0 Å². The molecule has 158 valence electrons. The highest BCUT2D eigenvalue weighted by molar-refractivity contribution is 7.08. The van der Waals surface area contributed by atoms with Crippen molar-refractivity contribution in [2.24, 2.45) is 5.92 Å². The van der Waals surface area contributed by atoms with E-state index in [9.17, 15) is 9.59 Å². The lowest BCUT2D eigenvalue weighted by Gasteiger charge is -2.13. The summed E-state index contributed by atoms with van der Waals surface area (Å²) in [5.41, 5.74) is 1.60. The molecular weight excluding hydrogens is 388 g/mol. The zero-order valence-electron chi connectivity index (χ0n) is 17.3. The molecule has 0 atom stereocenters. The molecule has 1 aromatic heterocycles. The highest BCUT2D eigenvalue weighted by atomic mass is 32.1. The summed E-state index contributed by atoms with van der Waals surface area (Å²) < 4.78 is 11.2. The van der Waals surface area contributed by atoms with Crippen LogP contribution in [0.3, 0.4) is 0 Å². The monoisotopic (exact) mass is 418 g/mol. The van der Waals surface area contributed by atoms with Crippen LogP contribution in [0.4, 0.5) is 0 Å². The smallest absolute Gasteiger partial charge is 0.252 e. The number of carbonyl (C=O) groups excluding carboxylic acids is 2. The Bertz CT molecular complexity index is 775. The number of nitrogens with one attached hydrogen (secondary N) is 2.